The van der Waals surface area contributed by atoms with Crippen LogP contribution in [0.2, 0.25) is 0 Å². The number of anilines is 1. The number of ether oxygens (including phenoxy) is 2. The maximum Gasteiger partial charge on any atom is 0.119 e. The van der Waals surface area contributed by atoms with Gasteiger partial charge in [0, 0.05) is 31.9 Å². The molecule has 0 spiro atoms. The van der Waals surface area contributed by atoms with Crippen LogP contribution in [0.3, 0.4) is 0 Å². The van der Waals surface area contributed by atoms with Crippen LogP contribution in [0, 0.1) is 5.92 Å². The third-order valence-electron chi connectivity index (χ3n) is 3.49. The fourth-order valence-corrected chi connectivity index (χ4v) is 2.39. The van der Waals surface area contributed by atoms with Crippen molar-refractivity contribution in [2.45, 2.75) is 20.3 Å². The summed E-state index contributed by atoms with van der Waals surface area (Å²) in [5.41, 5.74) is 1.28. The first kappa shape index (κ1) is 16.1. The highest BCUT2D eigenvalue weighted by molar-refractivity contribution is 5.49. The molecule has 1 saturated heterocycles. The molecular formula is C17H28N2O2. The molecule has 2 rings (SSSR count). The van der Waals surface area contributed by atoms with Crippen LogP contribution in [-0.4, -0.2) is 46.0 Å². The summed E-state index contributed by atoms with van der Waals surface area (Å²) in [6, 6.07) is 8.40. The zero-order valence-corrected chi connectivity index (χ0v) is 13.3. The van der Waals surface area contributed by atoms with Crippen molar-refractivity contribution in [2.24, 2.45) is 5.92 Å². The molecule has 1 aliphatic rings. The Morgan fingerprint density at radius 2 is 1.90 bits per heavy atom. The van der Waals surface area contributed by atoms with E-state index >= 15 is 0 Å². The first-order chi connectivity index (χ1) is 10.3. The highest BCUT2D eigenvalue weighted by Crippen LogP contribution is 2.20. The summed E-state index contributed by atoms with van der Waals surface area (Å²) in [4.78, 5) is 2.43. The van der Waals surface area contributed by atoms with Gasteiger partial charge in [-0.3, -0.25) is 0 Å². The third-order valence-corrected chi connectivity index (χ3v) is 3.49. The van der Waals surface area contributed by atoms with Gasteiger partial charge in [-0.15, -0.1) is 0 Å². The van der Waals surface area contributed by atoms with Gasteiger partial charge in [-0.1, -0.05) is 13.8 Å². The lowest BCUT2D eigenvalue weighted by atomic mass is 10.2. The fraction of sp³-hybridized carbons (Fsp3) is 0.647. The summed E-state index contributed by atoms with van der Waals surface area (Å²) >= 11 is 0. The molecule has 1 heterocycles. The van der Waals surface area contributed by atoms with Crippen molar-refractivity contribution in [3.05, 3.63) is 24.3 Å². The molecule has 1 aliphatic heterocycles. The molecule has 1 N–H and O–H groups in total. The molecule has 1 fully saturated rings. The second kappa shape index (κ2) is 8.90. The molecule has 1 aromatic carbocycles. The highest BCUT2D eigenvalue weighted by Gasteiger charge is 2.09. The Morgan fingerprint density at radius 3 is 2.67 bits per heavy atom. The Kier molecular flexibility index (Phi) is 6.83. The summed E-state index contributed by atoms with van der Waals surface area (Å²) in [6.45, 7) is 10.7. The molecule has 0 atom stereocenters. The van der Waals surface area contributed by atoms with E-state index in [9.17, 15) is 0 Å². The minimum Gasteiger partial charge on any atom is -0.491 e. The van der Waals surface area contributed by atoms with Gasteiger partial charge in [0.05, 0.1) is 6.61 Å². The van der Waals surface area contributed by atoms with Crippen LogP contribution in [0.1, 0.15) is 20.3 Å². The largest absolute Gasteiger partial charge is 0.491 e. The predicted octanol–water partition coefficient (Wildman–Crippen LogP) is 2.54. The van der Waals surface area contributed by atoms with Crippen LogP contribution in [0.5, 0.6) is 5.75 Å². The summed E-state index contributed by atoms with van der Waals surface area (Å²) in [5, 5.41) is 3.43. The van der Waals surface area contributed by atoms with E-state index in [1.54, 1.807) is 0 Å². The summed E-state index contributed by atoms with van der Waals surface area (Å²) in [6.07, 6.45) is 1.20. The first-order valence-corrected chi connectivity index (χ1v) is 8.02. The van der Waals surface area contributed by atoms with Gasteiger partial charge in [-0.25, -0.2) is 0 Å². The molecule has 118 valence electrons. The van der Waals surface area contributed by atoms with Gasteiger partial charge < -0.3 is 19.7 Å². The second-order valence-corrected chi connectivity index (χ2v) is 5.90. The van der Waals surface area contributed by atoms with E-state index in [4.69, 9.17) is 9.47 Å². The SMILES string of the molecule is CC(C)COCCOc1ccc(N2CCCNCC2)cc1. The third kappa shape index (κ3) is 5.94. The topological polar surface area (TPSA) is 33.7 Å². The molecule has 21 heavy (non-hydrogen) atoms. The van der Waals surface area contributed by atoms with Crippen molar-refractivity contribution < 1.29 is 9.47 Å². The van der Waals surface area contributed by atoms with Crippen molar-refractivity contribution in [1.29, 1.82) is 0 Å². The molecule has 4 heteroatoms. The van der Waals surface area contributed by atoms with Gasteiger partial charge in [-0.2, -0.15) is 0 Å². The highest BCUT2D eigenvalue weighted by atomic mass is 16.5. The number of hydrogen-bond acceptors (Lipinski definition) is 4. The lowest BCUT2D eigenvalue weighted by Gasteiger charge is -2.22. The van der Waals surface area contributed by atoms with E-state index in [2.05, 4.69) is 48.3 Å². The van der Waals surface area contributed by atoms with Crippen LogP contribution in [-0.2, 0) is 4.74 Å². The van der Waals surface area contributed by atoms with E-state index < -0.39 is 0 Å². The Morgan fingerprint density at radius 1 is 1.10 bits per heavy atom. The number of nitrogens with zero attached hydrogens (tertiary/aromatic N) is 1. The molecular weight excluding hydrogens is 264 g/mol. The smallest absolute Gasteiger partial charge is 0.119 e. The lowest BCUT2D eigenvalue weighted by Crippen LogP contribution is -2.27. The van der Waals surface area contributed by atoms with Crippen LogP contribution in [0.4, 0.5) is 5.69 Å². The monoisotopic (exact) mass is 292 g/mol. The van der Waals surface area contributed by atoms with Gasteiger partial charge in [0.1, 0.15) is 12.4 Å². The Labute approximate surface area is 128 Å². The molecule has 1 aromatic rings. The van der Waals surface area contributed by atoms with Gasteiger partial charge in [0.2, 0.25) is 0 Å². The van der Waals surface area contributed by atoms with E-state index in [0.29, 0.717) is 19.1 Å². The number of hydrogen-bond donors (Lipinski definition) is 1. The van der Waals surface area contributed by atoms with Crippen LogP contribution >= 0.6 is 0 Å². The number of benzene rings is 1. The minimum atomic E-state index is 0.576. The lowest BCUT2D eigenvalue weighted by molar-refractivity contribution is 0.0819. The molecule has 0 bridgehead atoms. The molecule has 0 amide bonds. The Balaban J connectivity index is 1.73. The minimum absolute atomic E-state index is 0.576. The average molecular weight is 292 g/mol. The molecule has 0 aromatic heterocycles. The standard InChI is InChI=1S/C17H28N2O2/c1-15(2)14-20-12-13-21-17-6-4-16(5-7-17)19-10-3-8-18-9-11-19/h4-7,15,18H,3,8-14H2,1-2H3. The summed E-state index contributed by atoms with van der Waals surface area (Å²) < 4.78 is 11.2. The van der Waals surface area contributed by atoms with Crippen molar-refractivity contribution in [2.75, 3.05) is 50.9 Å². The zero-order chi connectivity index (χ0) is 14.9. The van der Waals surface area contributed by atoms with Crippen molar-refractivity contribution in [1.82, 2.24) is 5.32 Å². The second-order valence-electron chi connectivity index (χ2n) is 5.90. The maximum atomic E-state index is 5.70. The Hall–Kier alpha value is -1.26. The van der Waals surface area contributed by atoms with Crippen LogP contribution in [0.15, 0.2) is 24.3 Å². The molecule has 4 nitrogen and oxygen atoms in total. The molecule has 0 saturated carbocycles. The van der Waals surface area contributed by atoms with Crippen LogP contribution < -0.4 is 15.0 Å². The summed E-state index contributed by atoms with van der Waals surface area (Å²) in [7, 11) is 0. The predicted molar refractivity (Wildman–Crippen MR) is 87.3 cm³/mol. The zero-order valence-electron chi connectivity index (χ0n) is 13.3. The average Bonchev–Trinajstić information content (AvgIpc) is 2.76. The molecule has 0 radical (unpaired) electrons. The van der Waals surface area contributed by atoms with Crippen molar-refractivity contribution in [3.8, 4) is 5.75 Å². The van der Waals surface area contributed by atoms with E-state index in [0.717, 1.165) is 38.5 Å². The maximum absolute atomic E-state index is 5.70. The number of nitrogens with one attached hydrogen (secondary N) is 1. The van der Waals surface area contributed by atoms with E-state index in [-0.39, 0.29) is 0 Å². The quantitative estimate of drug-likeness (QED) is 0.783. The fourth-order valence-electron chi connectivity index (χ4n) is 2.39. The summed E-state index contributed by atoms with van der Waals surface area (Å²) in [5.74, 6) is 1.49. The van der Waals surface area contributed by atoms with Gasteiger partial charge in [-0.05, 0) is 43.1 Å². The first-order valence-electron chi connectivity index (χ1n) is 8.02. The van der Waals surface area contributed by atoms with E-state index in [1.165, 1.54) is 12.1 Å². The van der Waals surface area contributed by atoms with Crippen molar-refractivity contribution >= 4 is 5.69 Å². The number of rotatable bonds is 7. The van der Waals surface area contributed by atoms with Gasteiger partial charge in [0.25, 0.3) is 0 Å². The molecule has 0 unspecified atom stereocenters. The van der Waals surface area contributed by atoms with E-state index in [1.807, 2.05) is 0 Å². The van der Waals surface area contributed by atoms with Gasteiger partial charge in [0.15, 0.2) is 0 Å². The van der Waals surface area contributed by atoms with Gasteiger partial charge >= 0.3 is 0 Å². The Bertz CT molecular complexity index is 384. The van der Waals surface area contributed by atoms with Crippen LogP contribution in [0.25, 0.3) is 0 Å². The normalized spacial score (nSPS) is 16.0. The van der Waals surface area contributed by atoms with Crippen molar-refractivity contribution in [3.63, 3.8) is 0 Å². The molecule has 0 aliphatic carbocycles.